The van der Waals surface area contributed by atoms with Crippen molar-refractivity contribution in [2.75, 3.05) is 0 Å². The largest absolute Gasteiger partial charge is 0.446 e. The lowest BCUT2D eigenvalue weighted by Crippen LogP contribution is -2.04. The molecule has 0 saturated heterocycles. The van der Waals surface area contributed by atoms with Crippen LogP contribution < -0.4 is 0 Å². The van der Waals surface area contributed by atoms with Crippen molar-refractivity contribution in [1.29, 1.82) is 0 Å². The summed E-state index contributed by atoms with van der Waals surface area (Å²) in [6, 6.07) is 13.6. The van der Waals surface area contributed by atoms with E-state index in [1.807, 2.05) is 0 Å². The SMILES string of the molecule is O=CC(SC(F)(F)F)=C(c1cccc(Br)c1)c1cccc(Br)c1. The van der Waals surface area contributed by atoms with Crippen LogP contribution in [0.3, 0.4) is 0 Å². The van der Waals surface area contributed by atoms with E-state index >= 15 is 0 Å². The molecule has 0 N–H and O–H groups in total. The zero-order valence-electron chi connectivity index (χ0n) is 11.4. The molecular formula is C16H9Br2F3OS. The van der Waals surface area contributed by atoms with E-state index in [1.54, 1.807) is 48.5 Å². The van der Waals surface area contributed by atoms with Crippen molar-refractivity contribution < 1.29 is 18.0 Å². The van der Waals surface area contributed by atoms with Gasteiger partial charge in [0, 0.05) is 14.5 Å². The zero-order chi connectivity index (χ0) is 17.0. The van der Waals surface area contributed by atoms with Crippen LogP contribution in [0.25, 0.3) is 5.57 Å². The Morgan fingerprint density at radius 1 is 0.957 bits per heavy atom. The molecule has 1 nitrogen and oxygen atoms in total. The van der Waals surface area contributed by atoms with Gasteiger partial charge in [-0.15, -0.1) is 0 Å². The molecule has 2 rings (SSSR count). The van der Waals surface area contributed by atoms with Crippen LogP contribution in [0.2, 0.25) is 0 Å². The molecule has 0 aromatic heterocycles. The molecule has 0 atom stereocenters. The van der Waals surface area contributed by atoms with Crippen molar-refractivity contribution in [2.24, 2.45) is 0 Å². The Hall–Kier alpha value is -1.05. The minimum Gasteiger partial charge on any atom is -0.297 e. The standard InChI is InChI=1S/C16H9Br2F3OS/c17-12-5-1-3-10(7-12)15(11-4-2-6-13(18)8-11)14(9-22)23-16(19,20)21/h1-9H. The van der Waals surface area contributed by atoms with E-state index in [9.17, 15) is 18.0 Å². The van der Waals surface area contributed by atoms with Crippen LogP contribution in [0.15, 0.2) is 62.4 Å². The molecule has 2 aromatic rings. The monoisotopic (exact) mass is 464 g/mol. The summed E-state index contributed by atoms with van der Waals surface area (Å²) >= 11 is 6.19. The van der Waals surface area contributed by atoms with E-state index in [2.05, 4.69) is 31.9 Å². The van der Waals surface area contributed by atoms with Crippen molar-refractivity contribution in [3.8, 4) is 0 Å². The zero-order valence-corrected chi connectivity index (χ0v) is 15.4. The molecule has 0 spiro atoms. The average molecular weight is 466 g/mol. The Balaban J connectivity index is 2.70. The van der Waals surface area contributed by atoms with E-state index in [0.717, 1.165) is 0 Å². The number of hydrogen-bond donors (Lipinski definition) is 0. The quantitative estimate of drug-likeness (QED) is 0.382. The summed E-state index contributed by atoms with van der Waals surface area (Å²) in [4.78, 5) is 11.0. The maximum Gasteiger partial charge on any atom is 0.446 e. The summed E-state index contributed by atoms with van der Waals surface area (Å²) in [6.45, 7) is 0. The molecule has 120 valence electrons. The Bertz CT molecular complexity index is 709. The molecule has 0 radical (unpaired) electrons. The number of carbonyl (C=O) groups is 1. The van der Waals surface area contributed by atoms with Gasteiger partial charge in [0.25, 0.3) is 0 Å². The first kappa shape index (κ1) is 18.3. The molecule has 0 fully saturated rings. The van der Waals surface area contributed by atoms with Crippen molar-refractivity contribution >= 4 is 55.5 Å². The van der Waals surface area contributed by atoms with Gasteiger partial charge in [0.2, 0.25) is 0 Å². The third-order valence-corrected chi connectivity index (χ3v) is 4.54. The summed E-state index contributed by atoms with van der Waals surface area (Å²) in [7, 11) is 0. The van der Waals surface area contributed by atoms with Gasteiger partial charge in [-0.05, 0) is 47.2 Å². The third kappa shape index (κ3) is 5.22. The first-order valence-electron chi connectivity index (χ1n) is 6.27. The van der Waals surface area contributed by atoms with Gasteiger partial charge in [0.1, 0.15) is 0 Å². The van der Waals surface area contributed by atoms with Gasteiger partial charge in [-0.25, -0.2) is 0 Å². The van der Waals surface area contributed by atoms with Gasteiger partial charge in [0.05, 0.1) is 4.91 Å². The molecule has 0 saturated carbocycles. The molecule has 23 heavy (non-hydrogen) atoms. The number of thioether (sulfide) groups is 1. The maximum atomic E-state index is 12.8. The molecule has 0 heterocycles. The number of allylic oxidation sites excluding steroid dienone is 1. The van der Waals surface area contributed by atoms with E-state index in [-0.39, 0.29) is 16.8 Å². The predicted octanol–water partition coefficient (Wildman–Crippen LogP) is 6.42. The number of aldehydes is 1. The minimum atomic E-state index is -4.54. The van der Waals surface area contributed by atoms with E-state index < -0.39 is 17.3 Å². The normalized spacial score (nSPS) is 11.2. The number of rotatable bonds is 4. The van der Waals surface area contributed by atoms with Gasteiger partial charge in [-0.3, -0.25) is 4.79 Å². The van der Waals surface area contributed by atoms with Crippen LogP contribution in [-0.2, 0) is 4.79 Å². The van der Waals surface area contributed by atoms with Crippen molar-refractivity contribution in [3.63, 3.8) is 0 Å². The van der Waals surface area contributed by atoms with Crippen LogP contribution in [0.5, 0.6) is 0 Å². The number of hydrogen-bond acceptors (Lipinski definition) is 2. The number of benzene rings is 2. The fourth-order valence-electron chi connectivity index (χ4n) is 2.00. The molecule has 7 heteroatoms. The highest BCUT2D eigenvalue weighted by Crippen LogP contribution is 2.41. The van der Waals surface area contributed by atoms with Gasteiger partial charge >= 0.3 is 5.51 Å². The van der Waals surface area contributed by atoms with Crippen LogP contribution >= 0.6 is 43.6 Å². The molecule has 0 aliphatic carbocycles. The molecule has 0 aliphatic heterocycles. The molecule has 0 bridgehead atoms. The summed E-state index contributed by atoms with van der Waals surface area (Å²) in [5.74, 6) is 0. The Labute approximate surface area is 152 Å². The van der Waals surface area contributed by atoms with Crippen molar-refractivity contribution in [2.45, 2.75) is 5.51 Å². The lowest BCUT2D eigenvalue weighted by atomic mass is 9.98. The highest BCUT2D eigenvalue weighted by molar-refractivity contribution is 9.10. The van der Waals surface area contributed by atoms with Crippen LogP contribution in [-0.4, -0.2) is 11.8 Å². The number of alkyl halides is 3. The fourth-order valence-corrected chi connectivity index (χ4v) is 3.43. The third-order valence-electron chi connectivity index (χ3n) is 2.81. The second-order valence-corrected chi connectivity index (χ2v) is 7.36. The first-order chi connectivity index (χ1) is 10.8. The highest BCUT2D eigenvalue weighted by Gasteiger charge is 2.32. The Morgan fingerprint density at radius 3 is 1.78 bits per heavy atom. The number of carbonyl (C=O) groups excluding carboxylic acids is 1. The van der Waals surface area contributed by atoms with Gasteiger partial charge in [-0.2, -0.15) is 13.2 Å². The summed E-state index contributed by atoms with van der Waals surface area (Å²) in [5, 5.41) is 0. The lowest BCUT2D eigenvalue weighted by Gasteiger charge is -2.14. The summed E-state index contributed by atoms with van der Waals surface area (Å²) < 4.78 is 39.8. The van der Waals surface area contributed by atoms with E-state index in [0.29, 0.717) is 20.1 Å². The number of halogens is 5. The average Bonchev–Trinajstić information content (AvgIpc) is 2.45. The second kappa shape index (κ2) is 7.68. The van der Waals surface area contributed by atoms with E-state index in [4.69, 9.17) is 0 Å². The van der Waals surface area contributed by atoms with Crippen molar-refractivity contribution in [3.05, 3.63) is 73.5 Å². The summed E-state index contributed by atoms with van der Waals surface area (Å²) in [5.41, 5.74) is -3.25. The van der Waals surface area contributed by atoms with Crippen LogP contribution in [0.4, 0.5) is 13.2 Å². The Morgan fingerprint density at radius 2 is 1.43 bits per heavy atom. The lowest BCUT2D eigenvalue weighted by molar-refractivity contribution is -0.104. The fraction of sp³-hybridized carbons (Fsp3) is 0.0625. The topological polar surface area (TPSA) is 17.1 Å². The molecular weight excluding hydrogens is 457 g/mol. The van der Waals surface area contributed by atoms with Gasteiger partial charge in [-0.1, -0.05) is 56.1 Å². The minimum absolute atomic E-state index is 0.241. The van der Waals surface area contributed by atoms with Crippen LogP contribution in [0, 0.1) is 0 Å². The molecule has 0 aliphatic rings. The molecule has 0 amide bonds. The van der Waals surface area contributed by atoms with E-state index in [1.165, 1.54) is 0 Å². The highest BCUT2D eigenvalue weighted by atomic mass is 79.9. The van der Waals surface area contributed by atoms with Crippen molar-refractivity contribution in [1.82, 2.24) is 0 Å². The van der Waals surface area contributed by atoms with Crippen LogP contribution in [0.1, 0.15) is 11.1 Å². The smallest absolute Gasteiger partial charge is 0.297 e. The maximum absolute atomic E-state index is 12.8. The molecule has 0 unspecified atom stereocenters. The molecule has 2 aromatic carbocycles. The predicted molar refractivity (Wildman–Crippen MR) is 94.0 cm³/mol. The summed E-state index contributed by atoms with van der Waals surface area (Å²) in [6.07, 6.45) is 0.245. The Kier molecular flexibility index (Phi) is 6.11. The first-order valence-corrected chi connectivity index (χ1v) is 8.67. The second-order valence-electron chi connectivity index (χ2n) is 4.43. The van der Waals surface area contributed by atoms with Gasteiger partial charge in [0.15, 0.2) is 6.29 Å². The van der Waals surface area contributed by atoms with Gasteiger partial charge < -0.3 is 0 Å².